The van der Waals surface area contributed by atoms with Crippen molar-refractivity contribution in [1.82, 2.24) is 14.2 Å². The maximum atomic E-state index is 12.6. The number of sulfonamides is 1. The fourth-order valence-electron chi connectivity index (χ4n) is 2.68. The molecule has 1 aromatic carbocycles. The molecule has 0 spiro atoms. The first-order valence-electron chi connectivity index (χ1n) is 8.56. The van der Waals surface area contributed by atoms with E-state index < -0.39 is 10.0 Å². The van der Waals surface area contributed by atoms with Gasteiger partial charge in [-0.3, -0.25) is 4.79 Å². The number of hydrogen-bond donors (Lipinski definition) is 2. The van der Waals surface area contributed by atoms with Crippen LogP contribution in [0.5, 0.6) is 0 Å². The van der Waals surface area contributed by atoms with Crippen molar-refractivity contribution >= 4 is 15.9 Å². The van der Waals surface area contributed by atoms with E-state index in [-0.39, 0.29) is 10.8 Å². The molecule has 0 radical (unpaired) electrons. The summed E-state index contributed by atoms with van der Waals surface area (Å²) in [6, 6.07) is 9.06. The summed E-state index contributed by atoms with van der Waals surface area (Å²) in [6.45, 7) is 5.16. The zero-order valence-electron chi connectivity index (χ0n) is 15.4. The molecule has 8 heteroatoms. The number of carbonyl (C=O) groups is 1. The number of aromatic nitrogens is 1. The second-order valence-electron chi connectivity index (χ2n) is 5.96. The van der Waals surface area contributed by atoms with Gasteiger partial charge in [0.15, 0.2) is 0 Å². The maximum Gasteiger partial charge on any atom is 0.268 e. The Labute approximate surface area is 154 Å². The van der Waals surface area contributed by atoms with Gasteiger partial charge in [0.25, 0.3) is 5.91 Å². The minimum Gasteiger partial charge on any atom is -0.347 e. The van der Waals surface area contributed by atoms with Crippen molar-refractivity contribution < 1.29 is 13.2 Å². The van der Waals surface area contributed by atoms with Gasteiger partial charge in [0.05, 0.1) is 0 Å². The summed E-state index contributed by atoms with van der Waals surface area (Å²) in [6.07, 6.45) is 1.47. The molecule has 1 heterocycles. The standard InChI is InChI=1S/C18H26N4O3S/c1-4-22(5-2)26(24,25)16-10-17(21(3)13-16)18(23)20-12-15-8-6-14(11-19)7-9-15/h6-10,13H,4-5,11-12,19H2,1-3H3,(H,20,23). The molecule has 0 aliphatic heterocycles. The molecule has 0 saturated heterocycles. The molecule has 26 heavy (non-hydrogen) atoms. The number of rotatable bonds is 8. The third-order valence-electron chi connectivity index (χ3n) is 4.27. The van der Waals surface area contributed by atoms with Gasteiger partial charge in [0.2, 0.25) is 10.0 Å². The highest BCUT2D eigenvalue weighted by Gasteiger charge is 2.25. The van der Waals surface area contributed by atoms with Crippen LogP contribution in [0.1, 0.15) is 35.5 Å². The average molecular weight is 378 g/mol. The number of benzene rings is 1. The first kappa shape index (κ1) is 20.2. The van der Waals surface area contributed by atoms with Gasteiger partial charge in [-0.2, -0.15) is 4.31 Å². The molecule has 142 valence electrons. The molecular weight excluding hydrogens is 352 g/mol. The molecule has 0 atom stereocenters. The molecule has 1 aromatic heterocycles. The number of nitrogens with zero attached hydrogens (tertiary/aromatic N) is 2. The van der Waals surface area contributed by atoms with Crippen molar-refractivity contribution in [3.8, 4) is 0 Å². The molecule has 0 bridgehead atoms. The van der Waals surface area contributed by atoms with E-state index in [1.807, 2.05) is 24.3 Å². The van der Waals surface area contributed by atoms with Gasteiger partial charge in [-0.1, -0.05) is 38.1 Å². The van der Waals surface area contributed by atoms with Crippen LogP contribution in [-0.4, -0.2) is 36.3 Å². The van der Waals surface area contributed by atoms with E-state index in [0.29, 0.717) is 31.9 Å². The number of carbonyl (C=O) groups excluding carboxylic acids is 1. The first-order valence-corrected chi connectivity index (χ1v) is 10.00. The third-order valence-corrected chi connectivity index (χ3v) is 6.28. The molecule has 3 N–H and O–H groups in total. The summed E-state index contributed by atoms with van der Waals surface area (Å²) < 4.78 is 28.1. The second-order valence-corrected chi connectivity index (χ2v) is 7.90. The topological polar surface area (TPSA) is 97.4 Å². The summed E-state index contributed by atoms with van der Waals surface area (Å²) >= 11 is 0. The summed E-state index contributed by atoms with van der Waals surface area (Å²) in [5.41, 5.74) is 7.84. The fraction of sp³-hybridized carbons (Fsp3) is 0.389. The molecular formula is C18H26N4O3S. The molecule has 0 unspecified atom stereocenters. The highest BCUT2D eigenvalue weighted by molar-refractivity contribution is 7.89. The van der Waals surface area contributed by atoms with E-state index in [2.05, 4.69) is 5.32 Å². The highest BCUT2D eigenvalue weighted by Crippen LogP contribution is 2.18. The Morgan fingerprint density at radius 1 is 1.15 bits per heavy atom. The fourth-order valence-corrected chi connectivity index (χ4v) is 4.21. The first-order chi connectivity index (χ1) is 12.3. The smallest absolute Gasteiger partial charge is 0.268 e. The van der Waals surface area contributed by atoms with Gasteiger partial charge in [0.1, 0.15) is 10.6 Å². The minimum atomic E-state index is -3.59. The molecule has 2 aromatic rings. The van der Waals surface area contributed by atoms with Crippen molar-refractivity contribution in [2.24, 2.45) is 12.8 Å². The maximum absolute atomic E-state index is 12.6. The monoisotopic (exact) mass is 378 g/mol. The molecule has 1 amide bonds. The molecule has 0 saturated carbocycles. The normalized spacial score (nSPS) is 11.7. The van der Waals surface area contributed by atoms with E-state index in [9.17, 15) is 13.2 Å². The van der Waals surface area contributed by atoms with Crippen molar-refractivity contribution in [3.05, 3.63) is 53.3 Å². The Kier molecular flexibility index (Phi) is 6.57. The number of hydrogen-bond acceptors (Lipinski definition) is 4. The van der Waals surface area contributed by atoms with Gasteiger partial charge < -0.3 is 15.6 Å². The SMILES string of the molecule is CCN(CC)S(=O)(=O)c1cc(C(=O)NCc2ccc(CN)cc2)n(C)c1. The van der Waals surface area contributed by atoms with Crippen LogP contribution in [0, 0.1) is 0 Å². The molecule has 0 aliphatic rings. The third kappa shape index (κ3) is 4.32. The summed E-state index contributed by atoms with van der Waals surface area (Å²) in [7, 11) is -1.93. The van der Waals surface area contributed by atoms with Gasteiger partial charge in [-0.25, -0.2) is 8.42 Å². The predicted molar refractivity (Wildman–Crippen MR) is 101 cm³/mol. The number of aryl methyl sites for hydroxylation is 1. The van der Waals surface area contributed by atoms with E-state index in [0.717, 1.165) is 11.1 Å². The van der Waals surface area contributed by atoms with Crippen molar-refractivity contribution in [2.45, 2.75) is 31.8 Å². The van der Waals surface area contributed by atoms with Crippen LogP contribution >= 0.6 is 0 Å². The lowest BCUT2D eigenvalue weighted by Crippen LogP contribution is -2.30. The van der Waals surface area contributed by atoms with Crippen molar-refractivity contribution in [2.75, 3.05) is 13.1 Å². The predicted octanol–water partition coefficient (Wildman–Crippen LogP) is 1.44. The molecule has 0 aliphatic carbocycles. The van der Waals surface area contributed by atoms with Crippen LogP contribution in [0.2, 0.25) is 0 Å². The van der Waals surface area contributed by atoms with Crippen LogP contribution in [0.3, 0.4) is 0 Å². The van der Waals surface area contributed by atoms with Crippen LogP contribution in [0.4, 0.5) is 0 Å². The van der Waals surface area contributed by atoms with Crippen LogP contribution < -0.4 is 11.1 Å². The van der Waals surface area contributed by atoms with E-state index in [1.54, 1.807) is 20.9 Å². The lowest BCUT2D eigenvalue weighted by atomic mass is 10.1. The second kappa shape index (κ2) is 8.48. The summed E-state index contributed by atoms with van der Waals surface area (Å²) in [5, 5.41) is 2.82. The van der Waals surface area contributed by atoms with Crippen molar-refractivity contribution in [1.29, 1.82) is 0 Å². The quantitative estimate of drug-likeness (QED) is 0.726. The van der Waals surface area contributed by atoms with E-state index in [4.69, 9.17) is 5.73 Å². The van der Waals surface area contributed by atoms with Crippen LogP contribution in [0.15, 0.2) is 41.4 Å². The molecule has 2 rings (SSSR count). The van der Waals surface area contributed by atoms with E-state index in [1.165, 1.54) is 21.1 Å². The zero-order chi connectivity index (χ0) is 19.3. The van der Waals surface area contributed by atoms with Gasteiger partial charge in [-0.15, -0.1) is 0 Å². The number of amides is 1. The number of nitrogens with two attached hydrogens (primary N) is 1. The minimum absolute atomic E-state index is 0.126. The Morgan fingerprint density at radius 3 is 2.27 bits per heavy atom. The average Bonchev–Trinajstić information content (AvgIpc) is 3.03. The van der Waals surface area contributed by atoms with Crippen molar-refractivity contribution in [3.63, 3.8) is 0 Å². The molecule has 0 fully saturated rings. The Morgan fingerprint density at radius 2 is 1.73 bits per heavy atom. The van der Waals surface area contributed by atoms with Gasteiger partial charge in [0, 0.05) is 39.4 Å². The van der Waals surface area contributed by atoms with Gasteiger partial charge in [-0.05, 0) is 17.2 Å². The highest BCUT2D eigenvalue weighted by atomic mass is 32.2. The lowest BCUT2D eigenvalue weighted by Gasteiger charge is -2.17. The Hall–Kier alpha value is -2.16. The van der Waals surface area contributed by atoms with Gasteiger partial charge >= 0.3 is 0 Å². The Bertz CT molecular complexity index is 853. The summed E-state index contributed by atoms with van der Waals surface area (Å²) in [5.74, 6) is -0.323. The lowest BCUT2D eigenvalue weighted by molar-refractivity contribution is 0.0942. The number of nitrogens with one attached hydrogen (secondary N) is 1. The zero-order valence-corrected chi connectivity index (χ0v) is 16.2. The summed E-state index contributed by atoms with van der Waals surface area (Å²) in [4.78, 5) is 12.6. The van der Waals surface area contributed by atoms with Crippen LogP contribution in [-0.2, 0) is 30.2 Å². The largest absolute Gasteiger partial charge is 0.347 e. The molecule has 7 nitrogen and oxygen atoms in total. The van der Waals surface area contributed by atoms with E-state index >= 15 is 0 Å². The Balaban J connectivity index is 2.13. The van der Waals surface area contributed by atoms with Crippen LogP contribution in [0.25, 0.3) is 0 Å².